The number of amides is 1. The molecule has 9 heteroatoms. The maximum Gasteiger partial charge on any atom is 0.417 e. The number of likely N-dealkylation sites (tertiary alicyclic amines) is 1. The highest BCUT2D eigenvalue weighted by Gasteiger charge is 2.30. The third-order valence-electron chi connectivity index (χ3n) is 6.49. The number of alkyl halides is 3. The van der Waals surface area contributed by atoms with Gasteiger partial charge < -0.3 is 19.7 Å². The van der Waals surface area contributed by atoms with Crippen LogP contribution in [0.1, 0.15) is 50.5 Å². The van der Waals surface area contributed by atoms with Crippen LogP contribution in [0.25, 0.3) is 0 Å². The van der Waals surface area contributed by atoms with Crippen LogP contribution in [0.5, 0.6) is 17.4 Å². The van der Waals surface area contributed by atoms with E-state index in [1.807, 2.05) is 0 Å². The van der Waals surface area contributed by atoms with Crippen molar-refractivity contribution < 1.29 is 27.4 Å². The molecule has 1 amide bonds. The Kier molecular flexibility index (Phi) is 7.92. The summed E-state index contributed by atoms with van der Waals surface area (Å²) >= 11 is 0. The van der Waals surface area contributed by atoms with E-state index < -0.39 is 11.7 Å². The highest BCUT2D eigenvalue weighted by atomic mass is 19.4. The number of benzene rings is 1. The second kappa shape index (κ2) is 11.1. The molecule has 2 aromatic rings. The fraction of sp³-hybridized carbons (Fsp3) is 0.520. The minimum Gasteiger partial charge on any atom is -0.439 e. The number of halogens is 3. The van der Waals surface area contributed by atoms with Crippen molar-refractivity contribution >= 4 is 6.09 Å². The first kappa shape index (κ1) is 24.3. The maximum atomic E-state index is 12.6. The molecule has 2 heterocycles. The van der Waals surface area contributed by atoms with E-state index in [9.17, 15) is 18.0 Å². The summed E-state index contributed by atoms with van der Waals surface area (Å²) in [5.74, 6) is 1.57. The van der Waals surface area contributed by atoms with Crippen molar-refractivity contribution in [3.63, 3.8) is 0 Å². The fourth-order valence-corrected chi connectivity index (χ4v) is 4.46. The number of carbonyl (C=O) groups is 1. The molecular formula is C25H30F3N3O3. The number of hydrogen-bond acceptors (Lipinski definition) is 5. The number of carbonyl (C=O) groups excluding carboxylic acids is 1. The van der Waals surface area contributed by atoms with Crippen LogP contribution in [-0.2, 0) is 6.18 Å². The summed E-state index contributed by atoms with van der Waals surface area (Å²) in [7, 11) is 0. The number of nitrogens with zero attached hydrogens (tertiary/aromatic N) is 2. The molecule has 34 heavy (non-hydrogen) atoms. The number of rotatable bonds is 6. The summed E-state index contributed by atoms with van der Waals surface area (Å²) in [4.78, 5) is 17.9. The molecule has 0 radical (unpaired) electrons. The summed E-state index contributed by atoms with van der Waals surface area (Å²) in [5, 5.41) is 3.68. The first-order valence-electron chi connectivity index (χ1n) is 11.9. The van der Waals surface area contributed by atoms with Crippen molar-refractivity contribution in [1.82, 2.24) is 15.2 Å². The molecule has 1 aliphatic heterocycles. The first-order chi connectivity index (χ1) is 16.4. The highest BCUT2D eigenvalue weighted by molar-refractivity contribution is 5.70. The second-order valence-electron chi connectivity index (χ2n) is 9.00. The van der Waals surface area contributed by atoms with Gasteiger partial charge in [0.25, 0.3) is 0 Å². The zero-order valence-corrected chi connectivity index (χ0v) is 19.0. The Morgan fingerprint density at radius 1 is 0.971 bits per heavy atom. The van der Waals surface area contributed by atoms with Crippen molar-refractivity contribution in [3.8, 4) is 17.4 Å². The van der Waals surface area contributed by atoms with Gasteiger partial charge in [-0.05, 0) is 68.5 Å². The van der Waals surface area contributed by atoms with Gasteiger partial charge >= 0.3 is 12.3 Å². The van der Waals surface area contributed by atoms with Gasteiger partial charge in [-0.15, -0.1) is 0 Å². The van der Waals surface area contributed by atoms with Crippen LogP contribution in [-0.4, -0.2) is 41.7 Å². The third kappa shape index (κ3) is 6.85. The van der Waals surface area contributed by atoms with Crippen LogP contribution < -0.4 is 14.8 Å². The molecule has 0 unspecified atom stereocenters. The molecule has 1 aliphatic carbocycles. The molecule has 4 rings (SSSR count). The van der Waals surface area contributed by atoms with Crippen LogP contribution in [0.3, 0.4) is 0 Å². The van der Waals surface area contributed by atoms with Gasteiger partial charge in [0, 0.05) is 31.4 Å². The third-order valence-corrected chi connectivity index (χ3v) is 6.49. The quantitative estimate of drug-likeness (QED) is 0.551. The molecule has 6 nitrogen and oxygen atoms in total. The zero-order valence-electron chi connectivity index (χ0n) is 19.0. The molecule has 2 fully saturated rings. The van der Waals surface area contributed by atoms with Gasteiger partial charge in [0.2, 0.25) is 5.88 Å². The average Bonchev–Trinajstić information content (AvgIpc) is 2.85. The van der Waals surface area contributed by atoms with Gasteiger partial charge in [0.05, 0.1) is 5.56 Å². The van der Waals surface area contributed by atoms with E-state index in [1.165, 1.54) is 32.1 Å². The van der Waals surface area contributed by atoms with Gasteiger partial charge in [-0.25, -0.2) is 9.78 Å². The lowest BCUT2D eigenvalue weighted by atomic mass is 9.89. The first-order valence-corrected chi connectivity index (χ1v) is 11.9. The Hall–Kier alpha value is -2.81. The predicted molar refractivity (Wildman–Crippen MR) is 121 cm³/mol. The molecule has 0 bridgehead atoms. The Labute approximate surface area is 197 Å². The molecule has 0 spiro atoms. The summed E-state index contributed by atoms with van der Waals surface area (Å²) in [6, 6.07) is 8.82. The van der Waals surface area contributed by atoms with Crippen molar-refractivity contribution in [1.29, 1.82) is 0 Å². The Bertz CT molecular complexity index is 921. The molecule has 1 aromatic carbocycles. The minimum atomic E-state index is -4.45. The summed E-state index contributed by atoms with van der Waals surface area (Å²) in [6.07, 6.45) is 4.41. The smallest absolute Gasteiger partial charge is 0.417 e. The lowest BCUT2D eigenvalue weighted by molar-refractivity contribution is -0.137. The van der Waals surface area contributed by atoms with Gasteiger partial charge in [-0.1, -0.05) is 19.3 Å². The van der Waals surface area contributed by atoms with E-state index in [2.05, 4.69) is 10.3 Å². The van der Waals surface area contributed by atoms with E-state index in [-0.39, 0.29) is 12.0 Å². The van der Waals surface area contributed by atoms with E-state index in [0.717, 1.165) is 43.6 Å². The highest BCUT2D eigenvalue weighted by Crippen LogP contribution is 2.30. The Balaban J connectivity index is 1.20. The normalized spacial score (nSPS) is 18.0. The molecule has 1 saturated carbocycles. The van der Waals surface area contributed by atoms with Gasteiger partial charge in [-0.2, -0.15) is 13.2 Å². The number of aromatic nitrogens is 1. The Morgan fingerprint density at radius 2 is 1.65 bits per heavy atom. The summed E-state index contributed by atoms with van der Waals surface area (Å²) in [5.41, 5.74) is -0.842. The Morgan fingerprint density at radius 3 is 2.26 bits per heavy atom. The van der Waals surface area contributed by atoms with Crippen LogP contribution in [0.2, 0.25) is 0 Å². The summed E-state index contributed by atoms with van der Waals surface area (Å²) in [6.45, 7) is 2.38. The molecule has 1 aromatic heterocycles. The minimum absolute atomic E-state index is 0.0395. The lowest BCUT2D eigenvalue weighted by Gasteiger charge is -2.33. The molecule has 1 saturated heterocycles. The second-order valence-corrected chi connectivity index (χ2v) is 9.00. The van der Waals surface area contributed by atoms with Crippen molar-refractivity contribution in [2.24, 2.45) is 5.92 Å². The van der Waals surface area contributed by atoms with Crippen LogP contribution in [0.15, 0.2) is 42.6 Å². The monoisotopic (exact) mass is 477 g/mol. The van der Waals surface area contributed by atoms with Gasteiger partial charge in [0.1, 0.15) is 11.5 Å². The number of piperidine rings is 1. The number of nitrogens with one attached hydrogen (secondary N) is 1. The van der Waals surface area contributed by atoms with Crippen LogP contribution >= 0.6 is 0 Å². The largest absolute Gasteiger partial charge is 0.439 e. The summed E-state index contributed by atoms with van der Waals surface area (Å²) < 4.78 is 48.8. The topological polar surface area (TPSA) is 63.7 Å². The van der Waals surface area contributed by atoms with E-state index in [0.29, 0.717) is 30.6 Å². The molecule has 1 N–H and O–H groups in total. The lowest BCUT2D eigenvalue weighted by Crippen LogP contribution is -2.46. The van der Waals surface area contributed by atoms with Crippen molar-refractivity contribution in [2.75, 3.05) is 19.6 Å². The van der Waals surface area contributed by atoms with Gasteiger partial charge in [0.15, 0.2) is 0 Å². The van der Waals surface area contributed by atoms with E-state index >= 15 is 0 Å². The fourth-order valence-electron chi connectivity index (χ4n) is 4.46. The zero-order chi connectivity index (χ0) is 24.0. The average molecular weight is 478 g/mol. The van der Waals surface area contributed by atoms with Crippen LogP contribution in [0.4, 0.5) is 18.0 Å². The van der Waals surface area contributed by atoms with Crippen molar-refractivity contribution in [2.45, 2.75) is 57.2 Å². The SMILES string of the molecule is O=C(Oc1ccc(Oc2ccc(C(F)(F)F)cn2)cc1)N1CCC(NCC2CCCCC2)CC1. The number of ether oxygens (including phenoxy) is 2. The number of hydrogen-bond donors (Lipinski definition) is 1. The van der Waals surface area contributed by atoms with Gasteiger partial charge in [-0.3, -0.25) is 0 Å². The number of pyridine rings is 1. The van der Waals surface area contributed by atoms with Crippen molar-refractivity contribution in [3.05, 3.63) is 48.2 Å². The molecule has 0 atom stereocenters. The standard InChI is InChI=1S/C25H30F3N3O3/c26-25(27,28)19-6-11-23(30-17-19)33-21-7-9-22(10-8-21)34-24(32)31-14-12-20(13-15-31)29-16-18-4-2-1-3-5-18/h6-11,17-18,20,29H,1-5,12-16H2. The molecule has 2 aliphatic rings. The predicted octanol–water partition coefficient (Wildman–Crippen LogP) is 6.03. The van der Waals surface area contributed by atoms with E-state index in [4.69, 9.17) is 9.47 Å². The molecular weight excluding hydrogens is 447 g/mol. The van der Waals surface area contributed by atoms with E-state index in [1.54, 1.807) is 29.2 Å². The maximum absolute atomic E-state index is 12.6. The van der Waals surface area contributed by atoms with Crippen LogP contribution in [0, 0.1) is 5.92 Å². The molecule has 184 valence electrons.